The van der Waals surface area contributed by atoms with Crippen molar-refractivity contribution in [1.29, 1.82) is 0 Å². The van der Waals surface area contributed by atoms with Gasteiger partial charge in [0.05, 0.1) is 7.11 Å². The predicted molar refractivity (Wildman–Crippen MR) is 97.5 cm³/mol. The fourth-order valence-electron chi connectivity index (χ4n) is 2.84. The fraction of sp³-hybridized carbons (Fsp3) is 0.368. The fourth-order valence-corrected chi connectivity index (χ4v) is 3.99. The number of ether oxygens (including phenoxy) is 2. The highest BCUT2D eigenvalue weighted by Crippen LogP contribution is 2.29. The number of hydrogen-bond donors (Lipinski definition) is 1. The van der Waals surface area contributed by atoms with Crippen LogP contribution in [0, 0.1) is 0 Å². The highest BCUT2D eigenvalue weighted by Gasteiger charge is 2.18. The predicted octanol–water partition coefficient (Wildman–Crippen LogP) is 3.82. The Kier molecular flexibility index (Phi) is 5.71. The van der Waals surface area contributed by atoms with Crippen molar-refractivity contribution in [3.63, 3.8) is 0 Å². The van der Waals surface area contributed by atoms with Gasteiger partial charge in [0, 0.05) is 10.6 Å². The van der Waals surface area contributed by atoms with E-state index in [9.17, 15) is 9.59 Å². The van der Waals surface area contributed by atoms with Crippen LogP contribution in [0.5, 0.6) is 5.75 Å². The summed E-state index contributed by atoms with van der Waals surface area (Å²) in [5.74, 6) is -0.0820. The molecule has 0 bridgehead atoms. The number of anilines is 1. The molecular formula is C19H21NO4S. The number of fused-ring (bicyclic) bond motifs is 1. The number of carbonyl (C=O) groups is 2. The number of amides is 1. The second-order valence-electron chi connectivity index (χ2n) is 5.97. The van der Waals surface area contributed by atoms with Gasteiger partial charge in [0.15, 0.2) is 6.61 Å². The number of nitrogens with one attached hydrogen (secondary N) is 1. The third-order valence-corrected chi connectivity index (χ3v) is 5.37. The monoisotopic (exact) mass is 359 g/mol. The molecule has 0 spiro atoms. The Morgan fingerprint density at radius 2 is 1.88 bits per heavy atom. The normalized spacial score (nSPS) is 13.5. The van der Waals surface area contributed by atoms with Crippen LogP contribution in [0.1, 0.15) is 39.4 Å². The first kappa shape index (κ1) is 17.5. The van der Waals surface area contributed by atoms with Crippen molar-refractivity contribution in [2.45, 2.75) is 32.1 Å². The molecular weight excluding hydrogens is 338 g/mol. The minimum Gasteiger partial charge on any atom is -0.497 e. The Hall–Kier alpha value is -2.34. The molecule has 0 atom stereocenters. The van der Waals surface area contributed by atoms with E-state index in [4.69, 9.17) is 9.47 Å². The molecule has 0 saturated carbocycles. The number of methoxy groups -OCH3 is 1. The summed E-state index contributed by atoms with van der Waals surface area (Å²) in [7, 11) is 1.58. The van der Waals surface area contributed by atoms with Gasteiger partial charge < -0.3 is 14.8 Å². The first-order chi connectivity index (χ1) is 12.2. The molecule has 1 aliphatic rings. The van der Waals surface area contributed by atoms with Gasteiger partial charge in [-0.2, -0.15) is 0 Å². The molecule has 1 N–H and O–H groups in total. The largest absolute Gasteiger partial charge is 0.497 e. The molecule has 132 valence electrons. The maximum atomic E-state index is 12.2. The number of aryl methyl sites for hydroxylation is 2. The molecule has 0 fully saturated rings. The van der Waals surface area contributed by atoms with E-state index in [0.29, 0.717) is 16.3 Å². The third kappa shape index (κ3) is 4.60. The van der Waals surface area contributed by atoms with E-state index in [0.717, 1.165) is 12.8 Å². The van der Waals surface area contributed by atoms with E-state index < -0.39 is 5.97 Å². The summed E-state index contributed by atoms with van der Waals surface area (Å²) in [6.07, 6.45) is 5.64. The van der Waals surface area contributed by atoms with Crippen LogP contribution in [-0.4, -0.2) is 25.6 Å². The molecule has 1 aromatic heterocycles. The maximum absolute atomic E-state index is 12.2. The van der Waals surface area contributed by atoms with Gasteiger partial charge in [-0.1, -0.05) is 6.42 Å². The van der Waals surface area contributed by atoms with Crippen LogP contribution < -0.4 is 10.1 Å². The Balaban J connectivity index is 1.52. The quantitative estimate of drug-likeness (QED) is 0.651. The molecule has 2 aromatic rings. The molecule has 3 rings (SSSR count). The summed E-state index contributed by atoms with van der Waals surface area (Å²) in [5.41, 5.74) is 1.89. The van der Waals surface area contributed by atoms with Crippen molar-refractivity contribution in [2.75, 3.05) is 19.0 Å². The summed E-state index contributed by atoms with van der Waals surface area (Å²) in [6, 6.07) is 8.89. The molecule has 1 amide bonds. The van der Waals surface area contributed by atoms with Gasteiger partial charge in [-0.05, 0) is 61.6 Å². The Bertz CT molecular complexity index is 728. The molecule has 25 heavy (non-hydrogen) atoms. The minimum atomic E-state index is -0.428. The summed E-state index contributed by atoms with van der Waals surface area (Å²) in [4.78, 5) is 26.0. The first-order valence-corrected chi connectivity index (χ1v) is 9.20. The summed E-state index contributed by atoms with van der Waals surface area (Å²) >= 11 is 1.50. The Morgan fingerprint density at radius 3 is 2.64 bits per heavy atom. The zero-order valence-corrected chi connectivity index (χ0v) is 15.0. The van der Waals surface area contributed by atoms with E-state index in [-0.39, 0.29) is 12.5 Å². The van der Waals surface area contributed by atoms with E-state index in [2.05, 4.69) is 5.32 Å². The van der Waals surface area contributed by atoms with Crippen molar-refractivity contribution in [2.24, 2.45) is 0 Å². The van der Waals surface area contributed by atoms with Crippen LogP contribution in [0.25, 0.3) is 0 Å². The van der Waals surface area contributed by atoms with Crippen LogP contribution in [-0.2, 0) is 22.4 Å². The second kappa shape index (κ2) is 8.16. The van der Waals surface area contributed by atoms with Crippen molar-refractivity contribution in [1.82, 2.24) is 0 Å². The molecule has 5 nitrogen and oxygen atoms in total. The van der Waals surface area contributed by atoms with Crippen molar-refractivity contribution < 1.29 is 19.1 Å². The van der Waals surface area contributed by atoms with Crippen molar-refractivity contribution in [3.8, 4) is 5.75 Å². The highest BCUT2D eigenvalue weighted by molar-refractivity contribution is 7.14. The van der Waals surface area contributed by atoms with E-state index in [1.165, 1.54) is 41.0 Å². The lowest BCUT2D eigenvalue weighted by atomic mass is 10.1. The second-order valence-corrected chi connectivity index (χ2v) is 7.11. The molecule has 0 aliphatic heterocycles. The number of esters is 1. The van der Waals surface area contributed by atoms with Gasteiger partial charge >= 0.3 is 5.97 Å². The highest BCUT2D eigenvalue weighted by atomic mass is 32.1. The Labute approximate surface area is 151 Å². The molecule has 0 unspecified atom stereocenters. The minimum absolute atomic E-state index is 0.298. The smallest absolute Gasteiger partial charge is 0.348 e. The summed E-state index contributed by atoms with van der Waals surface area (Å²) < 4.78 is 10.2. The van der Waals surface area contributed by atoms with E-state index in [1.54, 1.807) is 31.4 Å². The number of hydrogen-bond acceptors (Lipinski definition) is 5. The van der Waals surface area contributed by atoms with Crippen molar-refractivity contribution >= 4 is 28.9 Å². The van der Waals surface area contributed by atoms with Gasteiger partial charge in [0.1, 0.15) is 10.6 Å². The van der Waals surface area contributed by atoms with Gasteiger partial charge in [0.25, 0.3) is 5.91 Å². The lowest BCUT2D eigenvalue weighted by Gasteiger charge is -2.06. The molecule has 6 heteroatoms. The zero-order valence-electron chi connectivity index (χ0n) is 14.2. The molecule has 0 radical (unpaired) electrons. The van der Waals surface area contributed by atoms with Gasteiger partial charge in [-0.25, -0.2) is 4.79 Å². The van der Waals surface area contributed by atoms with Crippen molar-refractivity contribution in [3.05, 3.63) is 45.6 Å². The first-order valence-electron chi connectivity index (χ1n) is 8.38. The van der Waals surface area contributed by atoms with Crippen LogP contribution >= 0.6 is 11.3 Å². The molecule has 1 heterocycles. The maximum Gasteiger partial charge on any atom is 0.348 e. The van der Waals surface area contributed by atoms with E-state index >= 15 is 0 Å². The Morgan fingerprint density at radius 1 is 1.12 bits per heavy atom. The zero-order chi connectivity index (χ0) is 17.6. The summed E-state index contributed by atoms with van der Waals surface area (Å²) in [5, 5.41) is 2.69. The van der Waals surface area contributed by atoms with Crippen LogP contribution in [0.2, 0.25) is 0 Å². The van der Waals surface area contributed by atoms with Crippen LogP contribution in [0.3, 0.4) is 0 Å². The molecule has 1 aromatic carbocycles. The SMILES string of the molecule is COc1ccc(NC(=O)COC(=O)c2cc3c(s2)CCCCC3)cc1. The number of carbonyl (C=O) groups excluding carboxylic acids is 2. The van der Waals surface area contributed by atoms with Gasteiger partial charge in [-0.3, -0.25) is 4.79 Å². The van der Waals surface area contributed by atoms with Crippen LogP contribution in [0.4, 0.5) is 5.69 Å². The number of thiophene rings is 1. The third-order valence-electron chi connectivity index (χ3n) is 4.16. The standard InChI is InChI=1S/C19H21NO4S/c1-23-15-9-7-14(8-10-15)20-18(21)12-24-19(22)17-11-13-5-3-2-4-6-16(13)25-17/h7-11H,2-6,12H2,1H3,(H,20,21). The number of benzene rings is 1. The van der Waals surface area contributed by atoms with Gasteiger partial charge in [0.2, 0.25) is 0 Å². The van der Waals surface area contributed by atoms with E-state index in [1.807, 2.05) is 6.07 Å². The molecule has 1 aliphatic carbocycles. The number of rotatable bonds is 5. The van der Waals surface area contributed by atoms with Crippen LogP contribution in [0.15, 0.2) is 30.3 Å². The average Bonchev–Trinajstić information content (AvgIpc) is 2.91. The average molecular weight is 359 g/mol. The molecule has 0 saturated heterocycles. The topological polar surface area (TPSA) is 64.6 Å². The van der Waals surface area contributed by atoms with Gasteiger partial charge in [-0.15, -0.1) is 11.3 Å². The lowest BCUT2D eigenvalue weighted by Crippen LogP contribution is -2.20. The summed E-state index contributed by atoms with van der Waals surface area (Å²) in [6.45, 7) is -0.298. The lowest BCUT2D eigenvalue weighted by molar-refractivity contribution is -0.119.